The molecule has 0 atom stereocenters. The highest BCUT2D eigenvalue weighted by atomic mass is 16.7. The minimum Gasteiger partial charge on any atom is -0.453 e. The normalized spacial score (nSPS) is 11.8. The lowest BCUT2D eigenvalue weighted by atomic mass is 10.1. The molecule has 2 aliphatic heterocycles. The molecule has 0 radical (unpaired) electrons. The number of aromatic nitrogens is 16. The van der Waals surface area contributed by atoms with E-state index in [1.165, 1.54) is 0 Å². The molecule has 9 heterocycles. The standard InChI is InChI=1S/C76H58N16O4/c1-42-37-46(5)88(84-42)50-21-29-54(30-22-50)93-65-41-64-66(68(95-56-33-25-52(26-34-56)90-48(7)39-44(3)86-90)67(65)94-55-31-23-51(24-32-55)89-47(6)38-43(2)85-89)74-80-70-59-16-10-12-18-61(59)72(78-70)83-76-63-20-14-13-19-62(63)75(82-71-60-17-11-9-15-58(60)69(77-71)79-73(64)81-74)92(76)96-57-35-27-53(28-36-57)91-49(8)40-45(4)87-91/h9-41H,1-8H3,(H,77,78,79,80,81,82,83). The summed E-state index contributed by atoms with van der Waals surface area (Å²) in [5.74, 6) is 4.32. The molecule has 17 rings (SSSR count). The van der Waals surface area contributed by atoms with E-state index in [1.54, 1.807) is 4.73 Å². The van der Waals surface area contributed by atoms with Crippen LogP contribution in [-0.4, -0.2) is 78.7 Å². The van der Waals surface area contributed by atoms with E-state index >= 15 is 0 Å². The van der Waals surface area contributed by atoms with Crippen molar-refractivity contribution < 1.29 is 19.0 Å². The Morgan fingerprint density at radius 2 is 0.656 bits per heavy atom. The second-order valence-electron chi connectivity index (χ2n) is 24.1. The number of nitrogens with zero attached hydrogens (tertiary/aromatic N) is 15. The molecule has 0 saturated heterocycles. The molecule has 20 nitrogen and oxygen atoms in total. The molecule has 7 aromatic heterocycles. The highest BCUT2D eigenvalue weighted by molar-refractivity contribution is 6.11. The molecular weight excluding hydrogens is 1200 g/mol. The first-order valence-electron chi connectivity index (χ1n) is 31.4. The van der Waals surface area contributed by atoms with Gasteiger partial charge in [-0.25, -0.2) is 48.6 Å². The number of hydrogen-bond acceptors (Lipinski definition) is 14. The SMILES string of the molecule is Cc1cc(C)n(-c2ccc(Oc3cc4c5nc6nc(nc7c8ccccc8c(nc8nc(nc([nH]5)c4c(Oc4ccc(-n5nc(C)cc5C)cc4)c3Oc3ccc(-n4nc(C)cc4C)cc3)-c3ccccc3-8)n7Oc3ccc(-n4nc(C)cc4C)cc3)-c3ccccc3-6)cc2)n1. The zero-order valence-electron chi connectivity index (χ0n) is 53.4. The van der Waals surface area contributed by atoms with E-state index < -0.39 is 0 Å². The number of hydrogen-bond donors (Lipinski definition) is 1. The maximum atomic E-state index is 7.36. The van der Waals surface area contributed by atoms with Crippen LogP contribution in [0.5, 0.6) is 40.2 Å². The van der Waals surface area contributed by atoms with Gasteiger partial charge in [0.05, 0.1) is 50.9 Å². The van der Waals surface area contributed by atoms with Gasteiger partial charge in [-0.05, 0) is 183 Å². The van der Waals surface area contributed by atoms with Crippen LogP contribution in [0.1, 0.15) is 45.6 Å². The van der Waals surface area contributed by atoms with E-state index in [4.69, 9.17) is 69.3 Å². The molecule has 0 unspecified atom stereocenters. The monoisotopic (exact) mass is 1260 g/mol. The number of aromatic amines is 1. The average Bonchev–Trinajstić information content (AvgIpc) is 1.51. The summed E-state index contributed by atoms with van der Waals surface area (Å²) in [6.45, 7) is 16.0. The van der Waals surface area contributed by atoms with Crippen molar-refractivity contribution in [2.24, 2.45) is 0 Å². The van der Waals surface area contributed by atoms with Crippen molar-refractivity contribution in [2.75, 3.05) is 0 Å². The number of ether oxygens (including phenoxy) is 3. The highest BCUT2D eigenvalue weighted by Crippen LogP contribution is 2.52. The third-order valence-corrected chi connectivity index (χ3v) is 17.1. The molecule has 15 aromatic rings. The molecule has 96 heavy (non-hydrogen) atoms. The van der Waals surface area contributed by atoms with Crippen LogP contribution in [0.2, 0.25) is 0 Å². The molecule has 0 fully saturated rings. The van der Waals surface area contributed by atoms with Gasteiger partial charge in [0.25, 0.3) is 0 Å². The van der Waals surface area contributed by atoms with Gasteiger partial charge in [0.15, 0.2) is 51.8 Å². The summed E-state index contributed by atoms with van der Waals surface area (Å²) in [5.41, 5.74) is 15.7. The van der Waals surface area contributed by atoms with Crippen molar-refractivity contribution in [1.29, 1.82) is 0 Å². The summed E-state index contributed by atoms with van der Waals surface area (Å²) in [5, 5.41) is 21.6. The van der Waals surface area contributed by atoms with Crippen molar-refractivity contribution >= 4 is 44.1 Å². The fraction of sp³-hybridized carbons (Fsp3) is 0.105. The van der Waals surface area contributed by atoms with Crippen LogP contribution >= 0.6 is 0 Å². The van der Waals surface area contributed by atoms with Gasteiger partial charge >= 0.3 is 0 Å². The lowest BCUT2D eigenvalue weighted by Crippen LogP contribution is -2.07. The predicted octanol–water partition coefficient (Wildman–Crippen LogP) is 16.8. The maximum Gasteiger partial charge on any atom is 0.213 e. The largest absolute Gasteiger partial charge is 0.453 e. The second kappa shape index (κ2) is 22.5. The van der Waals surface area contributed by atoms with Gasteiger partial charge in [-0.3, -0.25) is 0 Å². The fourth-order valence-electron chi connectivity index (χ4n) is 12.8. The van der Waals surface area contributed by atoms with Crippen molar-refractivity contribution in [3.8, 4) is 109 Å². The van der Waals surface area contributed by atoms with Crippen LogP contribution in [0.3, 0.4) is 0 Å². The smallest absolute Gasteiger partial charge is 0.213 e. The molecule has 0 amide bonds. The lowest BCUT2D eigenvalue weighted by molar-refractivity contribution is 0.238. The van der Waals surface area contributed by atoms with Crippen LogP contribution < -0.4 is 19.0 Å². The van der Waals surface area contributed by atoms with Gasteiger partial charge in [-0.2, -0.15) is 20.4 Å². The zero-order chi connectivity index (χ0) is 65.0. The molecule has 20 heteroatoms. The van der Waals surface area contributed by atoms with Crippen molar-refractivity contribution in [1.82, 2.24) is 78.7 Å². The number of H-pyrrole nitrogens is 1. The average molecular weight is 1260 g/mol. The minimum absolute atomic E-state index is 0.234. The van der Waals surface area contributed by atoms with Gasteiger partial charge in [0.2, 0.25) is 5.75 Å². The van der Waals surface area contributed by atoms with E-state index in [1.807, 2.05) is 274 Å². The number of fused-ring (bicyclic) bond motifs is 20. The Balaban J connectivity index is 0.940. The number of benzene rings is 8. The van der Waals surface area contributed by atoms with E-state index in [2.05, 4.69) is 4.98 Å². The van der Waals surface area contributed by atoms with Crippen LogP contribution in [0, 0.1) is 55.4 Å². The molecular formula is C76H58N16O4. The Kier molecular flexibility index (Phi) is 13.4. The lowest BCUT2D eigenvalue weighted by Gasteiger charge is -2.18. The van der Waals surface area contributed by atoms with Crippen LogP contribution in [0.25, 0.3) is 112 Å². The van der Waals surface area contributed by atoms with Crippen molar-refractivity contribution in [3.63, 3.8) is 0 Å². The summed E-state index contributed by atoms with van der Waals surface area (Å²) in [6.07, 6.45) is 0. The third-order valence-electron chi connectivity index (χ3n) is 17.1. The molecule has 0 spiro atoms. The maximum absolute atomic E-state index is 7.36. The molecule has 8 aromatic carbocycles. The van der Waals surface area contributed by atoms with Crippen molar-refractivity contribution in [2.45, 2.75) is 55.4 Å². The van der Waals surface area contributed by atoms with Crippen LogP contribution in [0.4, 0.5) is 0 Å². The number of rotatable bonds is 12. The Hall–Kier alpha value is -12.8. The van der Waals surface area contributed by atoms with Gasteiger partial charge in [0, 0.05) is 61.2 Å². The van der Waals surface area contributed by atoms with Crippen LogP contribution in [0.15, 0.2) is 200 Å². The summed E-state index contributed by atoms with van der Waals surface area (Å²) >= 11 is 0. The Morgan fingerprint density at radius 1 is 0.312 bits per heavy atom. The van der Waals surface area contributed by atoms with E-state index in [0.717, 1.165) is 101 Å². The quantitative estimate of drug-likeness (QED) is 0.121. The summed E-state index contributed by atoms with van der Waals surface area (Å²) in [7, 11) is 0. The Labute approximate surface area is 549 Å². The first kappa shape index (κ1) is 57.1. The topological polar surface area (TPSA) is 206 Å². The number of aryl methyl sites for hydroxylation is 8. The zero-order valence-corrected chi connectivity index (χ0v) is 53.4. The van der Waals surface area contributed by atoms with E-state index in [-0.39, 0.29) is 11.5 Å². The van der Waals surface area contributed by atoms with Crippen LogP contribution in [-0.2, 0) is 0 Å². The molecule has 2 aliphatic rings. The molecule has 466 valence electrons. The highest BCUT2D eigenvalue weighted by Gasteiger charge is 2.29. The van der Waals surface area contributed by atoms with Gasteiger partial charge in [-0.15, -0.1) is 4.73 Å². The molecule has 0 aliphatic carbocycles. The number of nitrogens with one attached hydrogen (secondary N) is 1. The Morgan fingerprint density at radius 3 is 1.04 bits per heavy atom. The molecule has 8 bridgehead atoms. The molecule has 0 saturated carbocycles. The first-order chi connectivity index (χ1) is 46.8. The summed E-state index contributed by atoms with van der Waals surface area (Å²) in [4.78, 5) is 43.3. The fourth-order valence-corrected chi connectivity index (χ4v) is 12.8. The van der Waals surface area contributed by atoms with Gasteiger partial charge in [-0.1, -0.05) is 72.8 Å². The van der Waals surface area contributed by atoms with Gasteiger partial charge < -0.3 is 24.0 Å². The van der Waals surface area contributed by atoms with E-state index in [9.17, 15) is 0 Å². The minimum atomic E-state index is 0.234. The van der Waals surface area contributed by atoms with Crippen molar-refractivity contribution in [3.05, 3.63) is 246 Å². The van der Waals surface area contributed by atoms with E-state index in [0.29, 0.717) is 85.4 Å². The predicted molar refractivity (Wildman–Crippen MR) is 368 cm³/mol. The summed E-state index contributed by atoms with van der Waals surface area (Å²) < 4.78 is 31.0. The second-order valence-corrected chi connectivity index (χ2v) is 24.1. The van der Waals surface area contributed by atoms with Gasteiger partial charge in [0.1, 0.15) is 28.5 Å². The first-order valence-corrected chi connectivity index (χ1v) is 31.4. The molecule has 1 N–H and O–H groups in total. The summed E-state index contributed by atoms with van der Waals surface area (Å²) in [6, 6.07) is 64.9. The Bertz CT molecular complexity index is 5820. The third kappa shape index (κ3) is 10.0.